The third-order valence-corrected chi connectivity index (χ3v) is 3.66. The summed E-state index contributed by atoms with van der Waals surface area (Å²) >= 11 is 11.6. The highest BCUT2D eigenvalue weighted by Gasteiger charge is 2.29. The molecule has 2 nitrogen and oxygen atoms in total. The van der Waals surface area contributed by atoms with Crippen molar-refractivity contribution >= 4 is 29.0 Å². The van der Waals surface area contributed by atoms with Crippen LogP contribution in [-0.4, -0.2) is 5.78 Å². The highest BCUT2D eigenvalue weighted by Crippen LogP contribution is 2.37. The minimum Gasteiger partial charge on any atom is -0.484 e. The molecule has 0 aromatic heterocycles. The number of fused-ring (bicyclic) bond motifs is 1. The zero-order chi connectivity index (χ0) is 14.3. The van der Waals surface area contributed by atoms with E-state index in [2.05, 4.69) is 0 Å². The summed E-state index contributed by atoms with van der Waals surface area (Å²) in [6.45, 7) is 0. The van der Waals surface area contributed by atoms with Gasteiger partial charge >= 0.3 is 0 Å². The summed E-state index contributed by atoms with van der Waals surface area (Å²) in [5.41, 5.74) is 0.756. The zero-order valence-corrected chi connectivity index (χ0v) is 11.7. The van der Waals surface area contributed by atoms with Crippen molar-refractivity contribution in [1.29, 1.82) is 0 Å². The van der Waals surface area contributed by atoms with Gasteiger partial charge < -0.3 is 4.74 Å². The summed E-state index contributed by atoms with van der Waals surface area (Å²) in [5, 5.41) is 0.775. The normalized spacial score (nSPS) is 17.6. The van der Waals surface area contributed by atoms with Gasteiger partial charge in [0, 0.05) is 15.6 Å². The minimum atomic E-state index is -0.645. The van der Waals surface area contributed by atoms with Crippen molar-refractivity contribution in [3.63, 3.8) is 0 Å². The van der Waals surface area contributed by atoms with Crippen LogP contribution in [-0.2, 0) is 0 Å². The number of ether oxygens (including phenoxy) is 1. The van der Waals surface area contributed by atoms with E-state index in [1.807, 2.05) is 0 Å². The Bertz CT molecular complexity index is 700. The second kappa shape index (κ2) is 5.08. The van der Waals surface area contributed by atoms with Crippen molar-refractivity contribution in [3.8, 4) is 5.75 Å². The molecule has 0 aliphatic carbocycles. The van der Waals surface area contributed by atoms with E-state index in [4.69, 9.17) is 27.9 Å². The van der Waals surface area contributed by atoms with Gasteiger partial charge in [-0.05, 0) is 30.3 Å². The number of carbonyl (C=O) groups is 1. The lowest BCUT2D eigenvalue weighted by Gasteiger charge is -2.25. The van der Waals surface area contributed by atoms with Crippen LogP contribution in [0.1, 0.15) is 28.4 Å². The quantitative estimate of drug-likeness (QED) is 0.753. The highest BCUT2D eigenvalue weighted by atomic mass is 35.5. The monoisotopic (exact) mass is 310 g/mol. The van der Waals surface area contributed by atoms with E-state index in [1.165, 1.54) is 12.1 Å². The molecule has 5 heteroatoms. The number of rotatable bonds is 1. The predicted octanol–water partition coefficient (Wildman–Crippen LogP) is 4.84. The molecular formula is C15H9Cl2FO2. The van der Waals surface area contributed by atoms with Crippen LogP contribution in [0.15, 0.2) is 36.4 Å². The van der Waals surface area contributed by atoms with Crippen LogP contribution in [0.4, 0.5) is 4.39 Å². The second-order valence-electron chi connectivity index (χ2n) is 4.54. The maximum absolute atomic E-state index is 13.9. The Balaban J connectivity index is 1.99. The number of benzene rings is 2. The van der Waals surface area contributed by atoms with E-state index in [0.29, 0.717) is 26.9 Å². The lowest BCUT2D eigenvalue weighted by molar-refractivity contribution is 0.0846. The summed E-state index contributed by atoms with van der Waals surface area (Å²) in [5.74, 6) is -0.175. The molecule has 0 radical (unpaired) electrons. The predicted molar refractivity (Wildman–Crippen MR) is 75.2 cm³/mol. The molecule has 0 bridgehead atoms. The van der Waals surface area contributed by atoms with Crippen LogP contribution in [0.2, 0.25) is 10.0 Å². The molecule has 2 aromatic rings. The summed E-state index contributed by atoms with van der Waals surface area (Å²) in [6, 6.07) is 9.14. The van der Waals surface area contributed by atoms with Crippen LogP contribution in [0.25, 0.3) is 0 Å². The molecule has 1 aliphatic rings. The van der Waals surface area contributed by atoms with Crippen molar-refractivity contribution in [2.24, 2.45) is 0 Å². The van der Waals surface area contributed by atoms with Gasteiger partial charge in [-0.3, -0.25) is 4.79 Å². The van der Waals surface area contributed by atoms with Gasteiger partial charge in [0.2, 0.25) is 0 Å². The topological polar surface area (TPSA) is 26.3 Å². The van der Waals surface area contributed by atoms with E-state index in [1.54, 1.807) is 24.3 Å². The third-order valence-electron chi connectivity index (χ3n) is 3.19. The largest absolute Gasteiger partial charge is 0.484 e. The van der Waals surface area contributed by atoms with Gasteiger partial charge in [-0.25, -0.2) is 4.39 Å². The molecule has 3 rings (SSSR count). The molecule has 102 valence electrons. The zero-order valence-electron chi connectivity index (χ0n) is 10.2. The number of hydrogen-bond acceptors (Lipinski definition) is 2. The molecular weight excluding hydrogens is 302 g/mol. The van der Waals surface area contributed by atoms with Gasteiger partial charge in [0.15, 0.2) is 5.78 Å². The number of carbonyl (C=O) groups excluding carboxylic acids is 1. The Hall–Kier alpha value is -1.58. The van der Waals surface area contributed by atoms with Crippen molar-refractivity contribution in [2.45, 2.75) is 12.5 Å². The standard InChI is InChI=1S/C15H9Cl2FO2/c16-8-2-4-14-11(5-8)13(19)7-15(20-14)10-3-1-9(17)6-12(10)18/h1-6,15H,7H2. The lowest BCUT2D eigenvalue weighted by atomic mass is 9.96. The number of Topliss-reactive ketones (excluding diaryl/α,β-unsaturated/α-hetero) is 1. The first-order valence-electron chi connectivity index (χ1n) is 5.99. The lowest BCUT2D eigenvalue weighted by Crippen LogP contribution is -2.21. The molecule has 0 fully saturated rings. The summed E-state index contributed by atoms with van der Waals surface area (Å²) in [7, 11) is 0. The van der Waals surface area contributed by atoms with Gasteiger partial charge in [0.05, 0.1) is 12.0 Å². The first-order chi connectivity index (χ1) is 9.54. The fourth-order valence-electron chi connectivity index (χ4n) is 2.23. The van der Waals surface area contributed by atoms with Crippen LogP contribution < -0.4 is 4.74 Å². The summed E-state index contributed by atoms with van der Waals surface area (Å²) in [6.07, 6.45) is -0.570. The molecule has 20 heavy (non-hydrogen) atoms. The minimum absolute atomic E-state index is 0.0753. The third kappa shape index (κ3) is 2.39. The van der Waals surface area contributed by atoms with Crippen LogP contribution in [0.3, 0.4) is 0 Å². The maximum atomic E-state index is 13.9. The maximum Gasteiger partial charge on any atom is 0.170 e. The fourth-order valence-corrected chi connectivity index (χ4v) is 2.56. The molecule has 1 atom stereocenters. The van der Waals surface area contributed by atoms with Crippen LogP contribution in [0.5, 0.6) is 5.75 Å². The Morgan fingerprint density at radius 3 is 2.55 bits per heavy atom. The van der Waals surface area contributed by atoms with Gasteiger partial charge in [-0.15, -0.1) is 0 Å². The summed E-state index contributed by atoms with van der Waals surface area (Å²) in [4.78, 5) is 12.1. The molecule has 0 amide bonds. The Morgan fingerprint density at radius 1 is 1.10 bits per heavy atom. The Morgan fingerprint density at radius 2 is 1.80 bits per heavy atom. The number of halogens is 3. The van der Waals surface area contributed by atoms with Crippen molar-refractivity contribution in [2.75, 3.05) is 0 Å². The molecule has 1 heterocycles. The van der Waals surface area contributed by atoms with Gasteiger partial charge in [-0.1, -0.05) is 29.3 Å². The van der Waals surface area contributed by atoms with E-state index in [-0.39, 0.29) is 12.2 Å². The van der Waals surface area contributed by atoms with Gasteiger partial charge in [0.25, 0.3) is 0 Å². The average Bonchev–Trinajstić information content (AvgIpc) is 2.39. The van der Waals surface area contributed by atoms with Crippen molar-refractivity contribution in [1.82, 2.24) is 0 Å². The van der Waals surface area contributed by atoms with E-state index >= 15 is 0 Å². The van der Waals surface area contributed by atoms with E-state index in [9.17, 15) is 9.18 Å². The fraction of sp³-hybridized carbons (Fsp3) is 0.133. The van der Waals surface area contributed by atoms with E-state index < -0.39 is 11.9 Å². The number of hydrogen-bond donors (Lipinski definition) is 0. The Labute approximate surface area is 125 Å². The highest BCUT2D eigenvalue weighted by molar-refractivity contribution is 6.31. The smallest absolute Gasteiger partial charge is 0.170 e. The van der Waals surface area contributed by atoms with Gasteiger partial charge in [0.1, 0.15) is 17.7 Å². The van der Waals surface area contributed by atoms with Crippen LogP contribution in [0, 0.1) is 5.82 Å². The molecule has 1 unspecified atom stereocenters. The first kappa shape index (κ1) is 13.4. The van der Waals surface area contributed by atoms with Gasteiger partial charge in [-0.2, -0.15) is 0 Å². The van der Waals surface area contributed by atoms with Crippen molar-refractivity contribution in [3.05, 3.63) is 63.4 Å². The van der Waals surface area contributed by atoms with Crippen molar-refractivity contribution < 1.29 is 13.9 Å². The molecule has 0 saturated carbocycles. The van der Waals surface area contributed by atoms with Crippen LogP contribution >= 0.6 is 23.2 Å². The summed E-state index contributed by atoms with van der Waals surface area (Å²) < 4.78 is 19.6. The SMILES string of the molecule is O=C1CC(c2ccc(Cl)cc2F)Oc2ccc(Cl)cc21. The molecule has 2 aromatic carbocycles. The average molecular weight is 311 g/mol. The second-order valence-corrected chi connectivity index (χ2v) is 5.41. The molecule has 0 N–H and O–H groups in total. The molecule has 1 aliphatic heterocycles. The first-order valence-corrected chi connectivity index (χ1v) is 6.74. The number of ketones is 1. The van der Waals surface area contributed by atoms with E-state index in [0.717, 1.165) is 0 Å². The molecule has 0 spiro atoms. The Kier molecular flexibility index (Phi) is 3.40. The molecule has 0 saturated heterocycles.